The lowest BCUT2D eigenvalue weighted by Crippen LogP contribution is -2.41. The molecule has 1 saturated heterocycles. The van der Waals surface area contributed by atoms with Crippen molar-refractivity contribution in [3.05, 3.63) is 30.1 Å². The van der Waals surface area contributed by atoms with E-state index in [-0.39, 0.29) is 0 Å². The van der Waals surface area contributed by atoms with Gasteiger partial charge in [0.15, 0.2) is 5.82 Å². The molecule has 0 radical (unpaired) electrons. The number of hydrogen-bond donors (Lipinski definition) is 2. The van der Waals surface area contributed by atoms with E-state index in [2.05, 4.69) is 38.6 Å². The second-order valence-electron chi connectivity index (χ2n) is 6.52. The number of nitrogens with one attached hydrogen (secondary N) is 2. The summed E-state index contributed by atoms with van der Waals surface area (Å²) < 4.78 is 5.97. The third kappa shape index (κ3) is 3.43. The van der Waals surface area contributed by atoms with Gasteiger partial charge in [-0.15, -0.1) is 0 Å². The van der Waals surface area contributed by atoms with Crippen LogP contribution in [0.1, 0.15) is 18.4 Å². The molecule has 25 heavy (non-hydrogen) atoms. The molecule has 3 heterocycles. The molecule has 0 atom stereocenters. The highest BCUT2D eigenvalue weighted by molar-refractivity contribution is 5.67. The molecule has 7 heteroatoms. The van der Waals surface area contributed by atoms with Crippen molar-refractivity contribution in [3.63, 3.8) is 0 Å². The lowest BCUT2D eigenvalue weighted by Gasteiger charge is -2.31. The zero-order chi connectivity index (χ0) is 17.1. The first-order valence-corrected chi connectivity index (χ1v) is 8.91. The highest BCUT2D eigenvalue weighted by Crippen LogP contribution is 2.32. The van der Waals surface area contributed by atoms with Crippen molar-refractivity contribution in [1.82, 2.24) is 25.6 Å². The fourth-order valence-electron chi connectivity index (χ4n) is 3.46. The third-order valence-corrected chi connectivity index (χ3v) is 4.91. The van der Waals surface area contributed by atoms with Crippen molar-refractivity contribution in [2.45, 2.75) is 25.4 Å². The van der Waals surface area contributed by atoms with Crippen LogP contribution in [0.5, 0.6) is 5.75 Å². The lowest BCUT2D eigenvalue weighted by molar-refractivity contribution is 0.327. The smallest absolute Gasteiger partial charge is 0.228 e. The third-order valence-electron chi connectivity index (χ3n) is 4.91. The number of nitrogens with zero attached hydrogens (tertiary/aromatic N) is 4. The Kier molecular flexibility index (Phi) is 4.76. The Morgan fingerprint density at radius 1 is 1.12 bits per heavy atom. The molecule has 1 aromatic carbocycles. The minimum absolute atomic E-state index is 0.463. The zero-order valence-corrected chi connectivity index (χ0v) is 14.5. The molecule has 1 fully saturated rings. The van der Waals surface area contributed by atoms with Crippen molar-refractivity contribution < 1.29 is 4.74 Å². The van der Waals surface area contributed by atoms with Gasteiger partial charge >= 0.3 is 0 Å². The Morgan fingerprint density at radius 3 is 2.88 bits per heavy atom. The Bertz CT molecular complexity index is 731. The van der Waals surface area contributed by atoms with Crippen molar-refractivity contribution >= 4 is 5.95 Å². The topological polar surface area (TPSA) is 75.2 Å². The van der Waals surface area contributed by atoms with E-state index in [1.54, 1.807) is 6.33 Å². The predicted molar refractivity (Wildman–Crippen MR) is 96.8 cm³/mol. The van der Waals surface area contributed by atoms with E-state index in [0.29, 0.717) is 18.5 Å². The maximum absolute atomic E-state index is 5.97. The summed E-state index contributed by atoms with van der Waals surface area (Å²) in [4.78, 5) is 15.7. The molecule has 1 aromatic heterocycles. The van der Waals surface area contributed by atoms with Crippen molar-refractivity contribution in [1.29, 1.82) is 0 Å². The van der Waals surface area contributed by atoms with Crippen LogP contribution in [0, 0.1) is 0 Å². The predicted octanol–water partition coefficient (Wildman–Crippen LogP) is 1.21. The maximum atomic E-state index is 5.97. The summed E-state index contributed by atoms with van der Waals surface area (Å²) in [6.07, 6.45) is 3.81. The summed E-state index contributed by atoms with van der Waals surface area (Å²) in [6.45, 7) is 4.38. The van der Waals surface area contributed by atoms with Gasteiger partial charge in [0.2, 0.25) is 5.95 Å². The van der Waals surface area contributed by atoms with Gasteiger partial charge in [-0.3, -0.25) is 0 Å². The van der Waals surface area contributed by atoms with Crippen molar-refractivity contribution in [2.75, 3.05) is 38.2 Å². The number of para-hydroxylation sites is 1. The Balaban J connectivity index is 1.66. The minimum atomic E-state index is 0.463. The number of rotatable bonds is 3. The summed E-state index contributed by atoms with van der Waals surface area (Å²) >= 11 is 0. The number of ether oxygens (including phenoxy) is 1. The van der Waals surface area contributed by atoms with Crippen LogP contribution >= 0.6 is 0 Å². The molecule has 0 unspecified atom stereocenters. The van der Waals surface area contributed by atoms with E-state index in [0.717, 1.165) is 61.8 Å². The average molecular weight is 340 g/mol. The molecule has 0 bridgehead atoms. The van der Waals surface area contributed by atoms with Gasteiger partial charge in [-0.25, -0.2) is 9.97 Å². The van der Waals surface area contributed by atoms with Gasteiger partial charge in [0.05, 0.1) is 5.56 Å². The van der Waals surface area contributed by atoms with Crippen LogP contribution in [0.3, 0.4) is 0 Å². The molecular weight excluding hydrogens is 316 g/mol. The van der Waals surface area contributed by atoms with Gasteiger partial charge in [-0.2, -0.15) is 4.98 Å². The Morgan fingerprint density at radius 2 is 2.00 bits per heavy atom. The van der Waals surface area contributed by atoms with E-state index in [9.17, 15) is 0 Å². The molecule has 7 nitrogen and oxygen atoms in total. The first-order chi connectivity index (χ1) is 12.3. The monoisotopic (exact) mass is 340 g/mol. The molecule has 2 N–H and O–H groups in total. The number of anilines is 1. The normalized spacial score (nSPS) is 18.1. The minimum Gasteiger partial charge on any atom is -0.491 e. The molecule has 132 valence electrons. The average Bonchev–Trinajstić information content (AvgIpc) is 2.93. The number of piperidine rings is 1. The lowest BCUT2D eigenvalue weighted by atomic mass is 10.1. The molecule has 2 aromatic rings. The van der Waals surface area contributed by atoms with Crippen molar-refractivity contribution in [3.8, 4) is 17.1 Å². The molecule has 0 aliphatic carbocycles. The largest absolute Gasteiger partial charge is 0.491 e. The summed E-state index contributed by atoms with van der Waals surface area (Å²) in [6, 6.07) is 6.60. The number of benzene rings is 1. The fourth-order valence-corrected chi connectivity index (χ4v) is 3.46. The molecular formula is C18H24N6O. The van der Waals surface area contributed by atoms with E-state index in [1.165, 1.54) is 0 Å². The fraction of sp³-hybridized carbons (Fsp3) is 0.500. The summed E-state index contributed by atoms with van der Waals surface area (Å²) in [7, 11) is 2.07. The van der Waals surface area contributed by atoms with Gasteiger partial charge in [-0.1, -0.05) is 12.1 Å². The van der Waals surface area contributed by atoms with Crippen molar-refractivity contribution in [2.24, 2.45) is 0 Å². The van der Waals surface area contributed by atoms with Crippen LogP contribution in [0.15, 0.2) is 24.5 Å². The van der Waals surface area contributed by atoms with Gasteiger partial charge in [0.1, 0.15) is 18.7 Å². The molecule has 0 spiro atoms. The van der Waals surface area contributed by atoms with E-state index in [1.807, 2.05) is 12.1 Å². The van der Waals surface area contributed by atoms with Crippen LogP contribution in [0.4, 0.5) is 5.95 Å². The summed E-state index contributed by atoms with van der Waals surface area (Å²) in [5.41, 5.74) is 2.08. The number of fused-ring (bicyclic) bond motifs is 1. The SMILES string of the molecule is CN(c1ncnc(-c2cccc3c2OCCNC3)n1)C1CCNCC1. The highest BCUT2D eigenvalue weighted by atomic mass is 16.5. The second kappa shape index (κ2) is 7.33. The summed E-state index contributed by atoms with van der Waals surface area (Å²) in [5.74, 6) is 2.28. The van der Waals surface area contributed by atoms with E-state index in [4.69, 9.17) is 9.72 Å². The van der Waals surface area contributed by atoms with Crippen LogP contribution in [0.2, 0.25) is 0 Å². The van der Waals surface area contributed by atoms with Gasteiger partial charge < -0.3 is 20.3 Å². The standard InChI is InChI=1S/C18H24N6O/c1-24(14-5-7-19-8-6-14)18-22-12-21-17(23-18)15-4-2-3-13-11-20-9-10-25-16(13)15/h2-4,12,14,19-20H,5-11H2,1H3. The van der Waals surface area contributed by atoms with E-state index < -0.39 is 0 Å². The quantitative estimate of drug-likeness (QED) is 0.870. The second-order valence-corrected chi connectivity index (χ2v) is 6.52. The van der Waals surface area contributed by atoms with Gasteiger partial charge in [0.25, 0.3) is 0 Å². The Labute approximate surface area is 147 Å². The Hall–Kier alpha value is -2.25. The van der Waals surface area contributed by atoms with Crippen LogP contribution in [0.25, 0.3) is 11.4 Å². The van der Waals surface area contributed by atoms with Gasteiger partial charge in [0, 0.05) is 31.7 Å². The van der Waals surface area contributed by atoms with Crippen LogP contribution in [-0.2, 0) is 6.54 Å². The number of hydrogen-bond acceptors (Lipinski definition) is 7. The van der Waals surface area contributed by atoms with Crippen LogP contribution < -0.4 is 20.3 Å². The molecule has 2 aliphatic rings. The molecule has 0 saturated carbocycles. The first-order valence-electron chi connectivity index (χ1n) is 8.91. The molecule has 2 aliphatic heterocycles. The van der Waals surface area contributed by atoms with E-state index >= 15 is 0 Å². The molecule has 0 amide bonds. The highest BCUT2D eigenvalue weighted by Gasteiger charge is 2.21. The number of aromatic nitrogens is 3. The van der Waals surface area contributed by atoms with Crippen LogP contribution in [-0.4, -0.2) is 54.3 Å². The summed E-state index contributed by atoms with van der Waals surface area (Å²) in [5, 5.41) is 6.76. The van der Waals surface area contributed by atoms with Gasteiger partial charge in [-0.05, 0) is 32.0 Å². The first kappa shape index (κ1) is 16.2. The zero-order valence-electron chi connectivity index (χ0n) is 14.5. The molecule has 4 rings (SSSR count). The maximum Gasteiger partial charge on any atom is 0.228 e.